The molecule has 1 amide bonds. The average Bonchev–Trinajstić information content (AvgIpc) is 3.32. The van der Waals surface area contributed by atoms with Gasteiger partial charge in [-0.2, -0.15) is 5.26 Å². The summed E-state index contributed by atoms with van der Waals surface area (Å²) in [5.74, 6) is -0.296. The van der Waals surface area contributed by atoms with Crippen molar-refractivity contribution in [2.75, 3.05) is 19.4 Å². The summed E-state index contributed by atoms with van der Waals surface area (Å²) in [4.78, 5) is 17.1. The Labute approximate surface area is 162 Å². The zero-order valence-corrected chi connectivity index (χ0v) is 16.7. The fraction of sp³-hybridized carbons (Fsp3) is 0.389. The van der Waals surface area contributed by atoms with Gasteiger partial charge in [-0.1, -0.05) is 25.0 Å². The first kappa shape index (κ1) is 19.5. The molecule has 1 heterocycles. The number of carbonyl (C=O) groups excluding carboxylic acids is 1. The fourth-order valence-corrected chi connectivity index (χ4v) is 4.67. The number of nitrogens with one attached hydrogen (secondary N) is 1. The van der Waals surface area contributed by atoms with Gasteiger partial charge in [0.05, 0.1) is 16.7 Å². The normalized spacial score (nSPS) is 16.2. The number of sulfonamides is 1. The summed E-state index contributed by atoms with van der Waals surface area (Å²) in [6, 6.07) is 8.61. The van der Waals surface area contributed by atoms with E-state index in [1.54, 1.807) is 17.5 Å². The molecule has 0 bridgehead atoms. The number of nitrogens with zero attached hydrogens (tertiary/aromatic N) is 3. The number of anilines is 1. The minimum Gasteiger partial charge on any atom is -0.301 e. The number of rotatable bonds is 5. The lowest BCUT2D eigenvalue weighted by atomic mass is 9.87. The second-order valence-electron chi connectivity index (χ2n) is 6.70. The van der Waals surface area contributed by atoms with Crippen LogP contribution >= 0.6 is 11.3 Å². The average molecular weight is 405 g/mol. The van der Waals surface area contributed by atoms with Crippen LogP contribution in [0.5, 0.6) is 0 Å². The van der Waals surface area contributed by atoms with Crippen molar-refractivity contribution < 1.29 is 13.2 Å². The number of hydrogen-bond acceptors (Lipinski definition) is 6. The molecule has 27 heavy (non-hydrogen) atoms. The van der Waals surface area contributed by atoms with Crippen LogP contribution in [0.4, 0.5) is 5.13 Å². The molecule has 2 aromatic rings. The van der Waals surface area contributed by atoms with Gasteiger partial charge in [0.15, 0.2) is 5.13 Å². The zero-order chi connectivity index (χ0) is 19.7. The summed E-state index contributed by atoms with van der Waals surface area (Å²) in [5, 5.41) is 14.4. The molecule has 1 aromatic carbocycles. The number of benzene rings is 1. The van der Waals surface area contributed by atoms with Crippen molar-refractivity contribution in [3.8, 4) is 17.3 Å². The topological polar surface area (TPSA) is 103 Å². The molecule has 0 spiro atoms. The molecule has 0 aliphatic heterocycles. The van der Waals surface area contributed by atoms with Crippen LogP contribution in [-0.2, 0) is 14.8 Å². The molecule has 0 saturated heterocycles. The van der Waals surface area contributed by atoms with Gasteiger partial charge >= 0.3 is 0 Å². The summed E-state index contributed by atoms with van der Waals surface area (Å²) < 4.78 is 25.4. The standard InChI is InChI=1S/C18H20N4O3S2/c1-22(2)27(24,25)14-7-5-13(6-8-14)15-11-26-17(20-15)21-16(23)18(12-19)9-3-4-10-18/h5-8,11H,3-4,9-10H2,1-2H3,(H,20,21,23). The van der Waals surface area contributed by atoms with Crippen LogP contribution in [0.15, 0.2) is 34.5 Å². The molecular weight excluding hydrogens is 384 g/mol. The Hall–Kier alpha value is -2.28. The van der Waals surface area contributed by atoms with Gasteiger partial charge < -0.3 is 5.32 Å². The molecule has 0 unspecified atom stereocenters. The predicted molar refractivity (Wildman–Crippen MR) is 104 cm³/mol. The summed E-state index contributed by atoms with van der Waals surface area (Å²) in [7, 11) is -0.512. The van der Waals surface area contributed by atoms with E-state index in [-0.39, 0.29) is 10.8 Å². The molecule has 0 atom stereocenters. The van der Waals surface area contributed by atoms with Crippen LogP contribution in [0, 0.1) is 16.7 Å². The molecule has 7 nitrogen and oxygen atoms in total. The molecule has 1 saturated carbocycles. The van der Waals surface area contributed by atoms with Gasteiger partial charge in [0, 0.05) is 25.0 Å². The second-order valence-corrected chi connectivity index (χ2v) is 9.71. The first-order valence-electron chi connectivity index (χ1n) is 8.50. The van der Waals surface area contributed by atoms with E-state index in [1.807, 2.05) is 0 Å². The van der Waals surface area contributed by atoms with E-state index >= 15 is 0 Å². The quantitative estimate of drug-likeness (QED) is 0.825. The highest BCUT2D eigenvalue weighted by atomic mass is 32.2. The molecule has 3 rings (SSSR count). The molecular formula is C18H20N4O3S2. The summed E-state index contributed by atoms with van der Waals surface area (Å²) in [5.41, 5.74) is 0.440. The van der Waals surface area contributed by atoms with Crippen molar-refractivity contribution in [3.05, 3.63) is 29.6 Å². The van der Waals surface area contributed by atoms with Crippen LogP contribution in [0.25, 0.3) is 11.3 Å². The molecule has 0 radical (unpaired) electrons. The number of thiazole rings is 1. The van der Waals surface area contributed by atoms with Gasteiger partial charge in [-0.15, -0.1) is 11.3 Å². The van der Waals surface area contributed by atoms with Crippen LogP contribution in [0.2, 0.25) is 0 Å². The van der Waals surface area contributed by atoms with Crippen LogP contribution in [-0.4, -0.2) is 37.7 Å². The third-order valence-corrected chi connectivity index (χ3v) is 7.35. The van der Waals surface area contributed by atoms with Crippen LogP contribution in [0.1, 0.15) is 25.7 Å². The zero-order valence-electron chi connectivity index (χ0n) is 15.1. The third kappa shape index (κ3) is 3.74. The van der Waals surface area contributed by atoms with Gasteiger partial charge in [-0.25, -0.2) is 17.7 Å². The minimum absolute atomic E-state index is 0.206. The van der Waals surface area contributed by atoms with E-state index in [0.29, 0.717) is 23.7 Å². The van der Waals surface area contributed by atoms with Gasteiger partial charge in [-0.3, -0.25) is 4.79 Å². The Kier molecular flexibility index (Phi) is 5.33. The molecule has 9 heteroatoms. The Morgan fingerprint density at radius 1 is 1.26 bits per heavy atom. The monoisotopic (exact) mass is 404 g/mol. The number of nitriles is 1. The summed E-state index contributed by atoms with van der Waals surface area (Å²) in [6.45, 7) is 0. The van der Waals surface area contributed by atoms with Gasteiger partial charge in [0.2, 0.25) is 15.9 Å². The first-order chi connectivity index (χ1) is 12.8. The highest BCUT2D eigenvalue weighted by molar-refractivity contribution is 7.89. The van der Waals surface area contributed by atoms with Crippen molar-refractivity contribution in [1.29, 1.82) is 5.26 Å². The van der Waals surface area contributed by atoms with Gasteiger partial charge in [-0.05, 0) is 25.0 Å². The third-order valence-electron chi connectivity index (χ3n) is 4.76. The van der Waals surface area contributed by atoms with Crippen molar-refractivity contribution >= 4 is 32.4 Å². The Bertz CT molecular complexity index is 982. The van der Waals surface area contributed by atoms with E-state index in [9.17, 15) is 18.5 Å². The van der Waals surface area contributed by atoms with E-state index in [4.69, 9.17) is 0 Å². The number of carbonyl (C=O) groups is 1. The number of hydrogen-bond donors (Lipinski definition) is 1. The Balaban J connectivity index is 1.76. The molecule has 1 fully saturated rings. The molecule has 1 aliphatic rings. The Morgan fingerprint density at radius 2 is 1.89 bits per heavy atom. The fourth-order valence-electron chi connectivity index (χ4n) is 3.06. The Morgan fingerprint density at radius 3 is 2.44 bits per heavy atom. The lowest BCUT2D eigenvalue weighted by molar-refractivity contribution is -0.122. The summed E-state index contributed by atoms with van der Waals surface area (Å²) >= 11 is 1.28. The maximum atomic E-state index is 12.5. The highest BCUT2D eigenvalue weighted by Crippen LogP contribution is 2.39. The van der Waals surface area contributed by atoms with Crippen molar-refractivity contribution in [3.63, 3.8) is 0 Å². The lowest BCUT2D eigenvalue weighted by Crippen LogP contribution is -2.32. The van der Waals surface area contributed by atoms with Gasteiger partial charge in [0.1, 0.15) is 5.41 Å². The van der Waals surface area contributed by atoms with E-state index in [2.05, 4.69) is 16.4 Å². The van der Waals surface area contributed by atoms with Crippen molar-refractivity contribution in [2.45, 2.75) is 30.6 Å². The second kappa shape index (κ2) is 7.38. The summed E-state index contributed by atoms with van der Waals surface area (Å²) in [6.07, 6.45) is 2.92. The maximum absolute atomic E-state index is 12.5. The first-order valence-corrected chi connectivity index (χ1v) is 10.8. The molecule has 1 aliphatic carbocycles. The van der Waals surface area contributed by atoms with Crippen LogP contribution in [0.3, 0.4) is 0 Å². The highest BCUT2D eigenvalue weighted by Gasteiger charge is 2.41. The smallest absolute Gasteiger partial charge is 0.246 e. The molecule has 142 valence electrons. The van der Waals surface area contributed by atoms with Gasteiger partial charge in [0.25, 0.3) is 0 Å². The SMILES string of the molecule is CN(C)S(=O)(=O)c1ccc(-c2csc(NC(=O)C3(C#N)CCCC3)n2)cc1. The molecule has 1 aromatic heterocycles. The minimum atomic E-state index is -3.48. The van der Waals surface area contributed by atoms with Crippen molar-refractivity contribution in [2.24, 2.45) is 5.41 Å². The predicted octanol–water partition coefficient (Wildman–Crippen LogP) is 3.08. The van der Waals surface area contributed by atoms with E-state index in [1.165, 1.54) is 37.6 Å². The number of amides is 1. The largest absolute Gasteiger partial charge is 0.301 e. The maximum Gasteiger partial charge on any atom is 0.246 e. The van der Waals surface area contributed by atoms with Crippen LogP contribution < -0.4 is 5.32 Å². The van der Waals surface area contributed by atoms with Crippen molar-refractivity contribution in [1.82, 2.24) is 9.29 Å². The van der Waals surface area contributed by atoms with E-state index in [0.717, 1.165) is 22.7 Å². The number of aromatic nitrogens is 1. The molecule has 1 N–H and O–H groups in total. The van der Waals surface area contributed by atoms with E-state index < -0.39 is 15.4 Å². The lowest BCUT2D eigenvalue weighted by Gasteiger charge is -2.17.